The number of hydrogen-bond acceptors (Lipinski definition) is 4. The zero-order chi connectivity index (χ0) is 15.6. The van der Waals surface area contributed by atoms with E-state index in [1.807, 2.05) is 0 Å². The fourth-order valence-corrected chi connectivity index (χ4v) is 3.50. The SMILES string of the molecule is CCC(C)(C(Cc1nc(C(C)(C)C)cs1)NC)N(C)C. The van der Waals surface area contributed by atoms with E-state index in [0.717, 1.165) is 12.8 Å². The quantitative estimate of drug-likeness (QED) is 0.873. The molecule has 0 spiro atoms. The highest BCUT2D eigenvalue weighted by molar-refractivity contribution is 7.09. The Morgan fingerprint density at radius 2 is 1.90 bits per heavy atom. The summed E-state index contributed by atoms with van der Waals surface area (Å²) in [6.45, 7) is 11.2. The fourth-order valence-electron chi connectivity index (χ4n) is 2.43. The Morgan fingerprint density at radius 3 is 2.25 bits per heavy atom. The van der Waals surface area contributed by atoms with E-state index in [2.05, 4.69) is 71.4 Å². The van der Waals surface area contributed by atoms with E-state index in [1.165, 1.54) is 10.7 Å². The van der Waals surface area contributed by atoms with Gasteiger partial charge in [0.2, 0.25) is 0 Å². The predicted octanol–water partition coefficient (Wildman–Crippen LogP) is 3.30. The summed E-state index contributed by atoms with van der Waals surface area (Å²) in [5, 5.41) is 6.94. The first-order chi connectivity index (χ1) is 9.15. The Labute approximate surface area is 128 Å². The van der Waals surface area contributed by atoms with Gasteiger partial charge in [-0.3, -0.25) is 0 Å². The number of nitrogens with one attached hydrogen (secondary N) is 1. The molecule has 1 heterocycles. The van der Waals surface area contributed by atoms with Crippen molar-refractivity contribution in [3.05, 3.63) is 16.1 Å². The molecule has 1 aromatic heterocycles. The summed E-state index contributed by atoms with van der Waals surface area (Å²) in [5.74, 6) is 0. The third-order valence-electron chi connectivity index (χ3n) is 4.54. The lowest BCUT2D eigenvalue weighted by molar-refractivity contribution is 0.116. The van der Waals surface area contributed by atoms with Crippen LogP contribution in [-0.4, -0.2) is 42.6 Å². The van der Waals surface area contributed by atoms with Gasteiger partial charge >= 0.3 is 0 Å². The molecule has 0 aromatic carbocycles. The van der Waals surface area contributed by atoms with Crippen molar-refractivity contribution in [3.63, 3.8) is 0 Å². The number of thiazole rings is 1. The summed E-state index contributed by atoms with van der Waals surface area (Å²) in [6.07, 6.45) is 2.10. The minimum absolute atomic E-state index is 0.138. The van der Waals surface area contributed by atoms with Crippen molar-refractivity contribution in [2.45, 2.75) is 64.5 Å². The highest BCUT2D eigenvalue weighted by Crippen LogP contribution is 2.28. The van der Waals surface area contributed by atoms with Crippen LogP contribution >= 0.6 is 11.3 Å². The van der Waals surface area contributed by atoms with Gasteiger partial charge in [-0.25, -0.2) is 4.98 Å². The smallest absolute Gasteiger partial charge is 0.0944 e. The molecule has 0 amide bonds. The Kier molecular flexibility index (Phi) is 5.76. The first kappa shape index (κ1) is 17.6. The molecule has 0 aliphatic rings. The van der Waals surface area contributed by atoms with Gasteiger partial charge in [0, 0.05) is 28.8 Å². The second-order valence-electron chi connectivity index (χ2n) is 7.03. The van der Waals surface area contributed by atoms with Crippen LogP contribution in [0.15, 0.2) is 5.38 Å². The predicted molar refractivity (Wildman–Crippen MR) is 89.7 cm³/mol. The molecular weight excluding hydrogens is 266 g/mol. The molecule has 2 unspecified atom stereocenters. The molecule has 0 bridgehead atoms. The molecule has 1 rings (SSSR count). The minimum Gasteiger partial charge on any atom is -0.315 e. The molecule has 4 heteroatoms. The van der Waals surface area contributed by atoms with E-state index in [9.17, 15) is 0 Å². The summed E-state index contributed by atoms with van der Waals surface area (Å²) in [6, 6.07) is 0.404. The maximum Gasteiger partial charge on any atom is 0.0944 e. The fraction of sp³-hybridized carbons (Fsp3) is 0.812. The Balaban J connectivity index is 2.91. The zero-order valence-electron chi connectivity index (χ0n) is 14.4. The molecule has 1 N–H and O–H groups in total. The maximum atomic E-state index is 4.84. The topological polar surface area (TPSA) is 28.2 Å². The molecule has 0 radical (unpaired) electrons. The lowest BCUT2D eigenvalue weighted by Gasteiger charge is -2.42. The highest BCUT2D eigenvalue weighted by atomic mass is 32.1. The normalized spacial score (nSPS) is 17.2. The van der Waals surface area contributed by atoms with E-state index >= 15 is 0 Å². The monoisotopic (exact) mass is 297 g/mol. The van der Waals surface area contributed by atoms with E-state index in [1.54, 1.807) is 11.3 Å². The lowest BCUT2D eigenvalue weighted by atomic mass is 9.86. The molecule has 116 valence electrons. The van der Waals surface area contributed by atoms with E-state index in [0.29, 0.717) is 6.04 Å². The van der Waals surface area contributed by atoms with Gasteiger partial charge in [0.1, 0.15) is 0 Å². The van der Waals surface area contributed by atoms with Crippen molar-refractivity contribution in [2.24, 2.45) is 0 Å². The van der Waals surface area contributed by atoms with Gasteiger partial charge in [-0.05, 0) is 34.5 Å². The van der Waals surface area contributed by atoms with Crippen LogP contribution in [-0.2, 0) is 11.8 Å². The van der Waals surface area contributed by atoms with Crippen molar-refractivity contribution < 1.29 is 0 Å². The second-order valence-corrected chi connectivity index (χ2v) is 7.97. The highest BCUT2D eigenvalue weighted by Gasteiger charge is 2.34. The summed E-state index contributed by atoms with van der Waals surface area (Å²) in [7, 11) is 6.38. The summed E-state index contributed by atoms with van der Waals surface area (Å²) in [5.41, 5.74) is 1.48. The van der Waals surface area contributed by atoms with E-state index in [4.69, 9.17) is 4.98 Å². The number of likely N-dealkylation sites (N-methyl/N-ethyl adjacent to an activating group) is 2. The summed E-state index contributed by atoms with van der Waals surface area (Å²) < 4.78 is 0. The first-order valence-electron chi connectivity index (χ1n) is 7.44. The van der Waals surface area contributed by atoms with Crippen LogP contribution in [0, 0.1) is 0 Å². The second kappa shape index (κ2) is 6.54. The number of rotatable bonds is 6. The number of nitrogens with zero attached hydrogens (tertiary/aromatic N) is 2. The van der Waals surface area contributed by atoms with Crippen LogP contribution in [0.4, 0.5) is 0 Å². The first-order valence-corrected chi connectivity index (χ1v) is 8.32. The Bertz CT molecular complexity index is 420. The maximum absolute atomic E-state index is 4.84. The van der Waals surface area contributed by atoms with Gasteiger partial charge in [-0.1, -0.05) is 27.7 Å². The van der Waals surface area contributed by atoms with Gasteiger partial charge < -0.3 is 10.2 Å². The average molecular weight is 298 g/mol. The molecule has 3 nitrogen and oxygen atoms in total. The van der Waals surface area contributed by atoms with Gasteiger partial charge in [-0.2, -0.15) is 0 Å². The summed E-state index contributed by atoms with van der Waals surface area (Å²) in [4.78, 5) is 7.16. The molecule has 1 aromatic rings. The molecule has 0 saturated carbocycles. The van der Waals surface area contributed by atoms with E-state index < -0.39 is 0 Å². The van der Waals surface area contributed by atoms with Gasteiger partial charge in [-0.15, -0.1) is 11.3 Å². The van der Waals surface area contributed by atoms with Crippen molar-refractivity contribution in [1.82, 2.24) is 15.2 Å². The summed E-state index contributed by atoms with van der Waals surface area (Å²) >= 11 is 1.79. The van der Waals surface area contributed by atoms with Crippen LogP contribution in [0.1, 0.15) is 51.7 Å². The molecule has 0 aliphatic heterocycles. The Morgan fingerprint density at radius 1 is 1.30 bits per heavy atom. The van der Waals surface area contributed by atoms with Crippen LogP contribution in [0.5, 0.6) is 0 Å². The van der Waals surface area contributed by atoms with Crippen molar-refractivity contribution in [3.8, 4) is 0 Å². The third kappa shape index (κ3) is 3.80. The molecular formula is C16H31N3S. The molecule has 0 saturated heterocycles. The standard InChI is InChI=1S/C16H31N3S/c1-9-16(5,19(7)8)12(17-6)10-14-18-13(11-20-14)15(2,3)4/h11-12,17H,9-10H2,1-8H3. The molecule has 0 aliphatic carbocycles. The van der Waals surface area contributed by atoms with Crippen molar-refractivity contribution in [1.29, 1.82) is 0 Å². The van der Waals surface area contributed by atoms with Crippen molar-refractivity contribution >= 4 is 11.3 Å². The third-order valence-corrected chi connectivity index (χ3v) is 5.41. The van der Waals surface area contributed by atoms with Gasteiger partial charge in [0.05, 0.1) is 10.7 Å². The molecule has 0 fully saturated rings. The largest absolute Gasteiger partial charge is 0.315 e. The van der Waals surface area contributed by atoms with E-state index in [-0.39, 0.29) is 11.0 Å². The van der Waals surface area contributed by atoms with Crippen LogP contribution in [0.25, 0.3) is 0 Å². The number of aromatic nitrogens is 1. The van der Waals surface area contributed by atoms with Crippen LogP contribution in [0.2, 0.25) is 0 Å². The Hall–Kier alpha value is -0.450. The minimum atomic E-state index is 0.138. The van der Waals surface area contributed by atoms with Crippen LogP contribution in [0.3, 0.4) is 0 Å². The van der Waals surface area contributed by atoms with Gasteiger partial charge in [0.15, 0.2) is 0 Å². The molecule has 2 atom stereocenters. The van der Waals surface area contributed by atoms with Gasteiger partial charge in [0.25, 0.3) is 0 Å². The zero-order valence-corrected chi connectivity index (χ0v) is 15.2. The lowest BCUT2D eigenvalue weighted by Crippen LogP contribution is -2.56. The molecule has 20 heavy (non-hydrogen) atoms. The number of hydrogen-bond donors (Lipinski definition) is 1. The van der Waals surface area contributed by atoms with Crippen LogP contribution < -0.4 is 5.32 Å². The van der Waals surface area contributed by atoms with Crippen molar-refractivity contribution in [2.75, 3.05) is 21.1 Å². The average Bonchev–Trinajstić information content (AvgIpc) is 2.83.